The Labute approximate surface area is 136 Å². The number of fused-ring (bicyclic) bond motifs is 1. The first kappa shape index (κ1) is 15.9. The zero-order valence-electron chi connectivity index (χ0n) is 13.5. The number of aryl methyl sites for hydroxylation is 2. The van der Waals surface area contributed by atoms with Gasteiger partial charge in [-0.1, -0.05) is 11.6 Å². The minimum absolute atomic E-state index is 0.00902. The maximum atomic E-state index is 12.6. The van der Waals surface area contributed by atoms with Gasteiger partial charge in [0.1, 0.15) is 0 Å². The second-order valence-electron chi connectivity index (χ2n) is 6.67. The molecule has 3 rings (SSSR count). The van der Waals surface area contributed by atoms with Gasteiger partial charge in [0.2, 0.25) is 0 Å². The number of pyridine rings is 1. The predicted octanol–water partition coefficient (Wildman–Crippen LogP) is 2.16. The summed E-state index contributed by atoms with van der Waals surface area (Å²) >= 11 is 0. The van der Waals surface area contributed by atoms with Crippen molar-refractivity contribution in [2.75, 3.05) is 11.5 Å². The Morgan fingerprint density at radius 1 is 1.26 bits per heavy atom. The summed E-state index contributed by atoms with van der Waals surface area (Å²) in [5.41, 5.74) is 2.38. The molecule has 2 aromatic rings. The first-order valence-electron chi connectivity index (χ1n) is 7.58. The van der Waals surface area contributed by atoms with Crippen LogP contribution < -0.4 is 5.32 Å². The lowest BCUT2D eigenvalue weighted by molar-refractivity contribution is 0.0914. The fraction of sp³-hybridized carbons (Fsp3) is 0.412. The summed E-state index contributed by atoms with van der Waals surface area (Å²) < 4.78 is 23.4. The van der Waals surface area contributed by atoms with Gasteiger partial charge in [0.05, 0.1) is 33.8 Å². The fourth-order valence-corrected chi connectivity index (χ4v) is 5.17. The Balaban J connectivity index is 1.93. The Morgan fingerprint density at radius 3 is 2.65 bits per heavy atom. The molecule has 0 radical (unpaired) electrons. The van der Waals surface area contributed by atoms with Gasteiger partial charge in [-0.3, -0.25) is 9.78 Å². The van der Waals surface area contributed by atoms with Gasteiger partial charge in [-0.25, -0.2) is 8.42 Å². The minimum Gasteiger partial charge on any atom is -0.346 e. The number of sulfone groups is 1. The van der Waals surface area contributed by atoms with E-state index in [0.29, 0.717) is 17.7 Å². The number of nitrogens with one attached hydrogen (secondary N) is 1. The molecule has 23 heavy (non-hydrogen) atoms. The third-order valence-corrected chi connectivity index (χ3v) is 6.23. The monoisotopic (exact) mass is 332 g/mol. The molecule has 122 valence electrons. The standard InChI is InChI=1S/C17H20N2O3S/c1-11-4-5-15-13(8-11)9-14(12(2)18-15)16(20)19-17(3)6-7-23(21,22)10-17/h4-5,8-9H,6-7,10H2,1-3H3,(H,19,20). The van der Waals surface area contributed by atoms with Crippen LogP contribution in [-0.4, -0.2) is 36.4 Å². The highest BCUT2D eigenvalue weighted by Gasteiger charge is 2.39. The number of rotatable bonds is 2. The molecule has 5 nitrogen and oxygen atoms in total. The summed E-state index contributed by atoms with van der Waals surface area (Å²) in [5, 5.41) is 3.80. The van der Waals surface area contributed by atoms with E-state index in [4.69, 9.17) is 0 Å². The van der Waals surface area contributed by atoms with Crippen molar-refractivity contribution in [2.45, 2.75) is 32.7 Å². The Bertz CT molecular complexity index is 905. The van der Waals surface area contributed by atoms with E-state index < -0.39 is 15.4 Å². The Hall–Kier alpha value is -1.95. The van der Waals surface area contributed by atoms with Crippen LogP contribution in [0.25, 0.3) is 10.9 Å². The van der Waals surface area contributed by atoms with E-state index in [1.165, 1.54) is 0 Å². The van der Waals surface area contributed by atoms with Crippen LogP contribution in [0.4, 0.5) is 0 Å². The van der Waals surface area contributed by atoms with Crippen molar-refractivity contribution >= 4 is 26.6 Å². The van der Waals surface area contributed by atoms with Gasteiger partial charge in [-0.2, -0.15) is 0 Å². The SMILES string of the molecule is Cc1ccc2nc(C)c(C(=O)NC3(C)CCS(=O)(=O)C3)cc2c1. The van der Waals surface area contributed by atoms with Crippen molar-refractivity contribution in [3.8, 4) is 0 Å². The van der Waals surface area contributed by atoms with Crippen LogP contribution in [0.1, 0.15) is 35.0 Å². The maximum Gasteiger partial charge on any atom is 0.253 e. The molecule has 1 aromatic heterocycles. The molecular formula is C17H20N2O3S. The molecular weight excluding hydrogens is 312 g/mol. The molecule has 1 amide bonds. The molecule has 0 aliphatic carbocycles. The largest absolute Gasteiger partial charge is 0.346 e. The summed E-state index contributed by atoms with van der Waals surface area (Å²) in [6.07, 6.45) is 0.445. The highest BCUT2D eigenvalue weighted by Crippen LogP contribution is 2.24. The normalized spacial score (nSPS) is 23.1. The summed E-state index contributed by atoms with van der Waals surface area (Å²) in [4.78, 5) is 17.1. The van der Waals surface area contributed by atoms with Crippen molar-refractivity contribution < 1.29 is 13.2 Å². The maximum absolute atomic E-state index is 12.6. The van der Waals surface area contributed by atoms with Crippen LogP contribution in [-0.2, 0) is 9.84 Å². The van der Waals surface area contributed by atoms with E-state index in [-0.39, 0.29) is 17.4 Å². The lowest BCUT2D eigenvalue weighted by atomic mass is 10.0. The average Bonchev–Trinajstić information content (AvgIpc) is 2.72. The Morgan fingerprint density at radius 2 is 2.00 bits per heavy atom. The highest BCUT2D eigenvalue weighted by molar-refractivity contribution is 7.91. The first-order valence-corrected chi connectivity index (χ1v) is 9.41. The van der Waals surface area contributed by atoms with Crippen LogP contribution in [0, 0.1) is 13.8 Å². The predicted molar refractivity (Wildman–Crippen MR) is 90.4 cm³/mol. The molecule has 1 aliphatic heterocycles. The molecule has 0 bridgehead atoms. The number of carbonyl (C=O) groups excluding carboxylic acids is 1. The molecule has 0 saturated carbocycles. The van der Waals surface area contributed by atoms with E-state index in [9.17, 15) is 13.2 Å². The first-order chi connectivity index (χ1) is 10.7. The molecule has 1 N–H and O–H groups in total. The van der Waals surface area contributed by atoms with Crippen LogP contribution in [0.15, 0.2) is 24.3 Å². The molecule has 1 aliphatic rings. The molecule has 2 heterocycles. The zero-order valence-corrected chi connectivity index (χ0v) is 14.3. The number of carbonyl (C=O) groups is 1. The van der Waals surface area contributed by atoms with Gasteiger partial charge in [0.25, 0.3) is 5.91 Å². The molecule has 1 aromatic carbocycles. The van der Waals surface area contributed by atoms with Crippen molar-refractivity contribution in [1.82, 2.24) is 10.3 Å². The van der Waals surface area contributed by atoms with Gasteiger partial charge in [0, 0.05) is 5.39 Å². The van der Waals surface area contributed by atoms with E-state index in [0.717, 1.165) is 16.5 Å². The smallest absolute Gasteiger partial charge is 0.253 e. The Kier molecular flexibility index (Phi) is 3.67. The molecule has 1 unspecified atom stereocenters. The molecule has 0 spiro atoms. The second kappa shape index (κ2) is 5.30. The number of amides is 1. The van der Waals surface area contributed by atoms with Gasteiger partial charge in [0.15, 0.2) is 9.84 Å². The summed E-state index contributed by atoms with van der Waals surface area (Å²) in [6.45, 7) is 5.56. The van der Waals surface area contributed by atoms with Crippen LogP contribution in [0.5, 0.6) is 0 Å². The van der Waals surface area contributed by atoms with Crippen molar-refractivity contribution in [1.29, 1.82) is 0 Å². The quantitative estimate of drug-likeness (QED) is 0.914. The number of hydrogen-bond acceptors (Lipinski definition) is 4. The summed E-state index contributed by atoms with van der Waals surface area (Å²) in [5.74, 6) is -0.152. The summed E-state index contributed by atoms with van der Waals surface area (Å²) in [7, 11) is -3.06. The van der Waals surface area contributed by atoms with E-state index in [2.05, 4.69) is 10.3 Å². The third-order valence-electron chi connectivity index (χ3n) is 4.32. The van der Waals surface area contributed by atoms with Crippen molar-refractivity contribution in [3.05, 3.63) is 41.1 Å². The lowest BCUT2D eigenvalue weighted by Gasteiger charge is -2.24. The van der Waals surface area contributed by atoms with Crippen molar-refractivity contribution in [3.63, 3.8) is 0 Å². The average molecular weight is 332 g/mol. The number of benzene rings is 1. The number of nitrogens with zero attached hydrogens (tertiary/aromatic N) is 1. The molecule has 1 atom stereocenters. The van der Waals surface area contributed by atoms with E-state index >= 15 is 0 Å². The van der Waals surface area contributed by atoms with Crippen LogP contribution in [0.2, 0.25) is 0 Å². The summed E-state index contributed by atoms with van der Waals surface area (Å²) in [6, 6.07) is 7.73. The second-order valence-corrected chi connectivity index (χ2v) is 8.86. The van der Waals surface area contributed by atoms with Gasteiger partial charge in [-0.15, -0.1) is 0 Å². The molecule has 6 heteroatoms. The lowest BCUT2D eigenvalue weighted by Crippen LogP contribution is -2.47. The van der Waals surface area contributed by atoms with E-state index in [1.54, 1.807) is 13.8 Å². The highest BCUT2D eigenvalue weighted by atomic mass is 32.2. The van der Waals surface area contributed by atoms with Crippen LogP contribution in [0.3, 0.4) is 0 Å². The third kappa shape index (κ3) is 3.22. The van der Waals surface area contributed by atoms with Gasteiger partial charge >= 0.3 is 0 Å². The zero-order chi connectivity index (χ0) is 16.8. The molecule has 1 saturated heterocycles. The topological polar surface area (TPSA) is 76.1 Å². The van der Waals surface area contributed by atoms with Gasteiger partial charge < -0.3 is 5.32 Å². The fourth-order valence-electron chi connectivity index (χ4n) is 3.07. The van der Waals surface area contributed by atoms with Crippen molar-refractivity contribution in [2.24, 2.45) is 0 Å². The minimum atomic E-state index is -3.06. The number of aromatic nitrogens is 1. The van der Waals surface area contributed by atoms with Gasteiger partial charge in [-0.05, 0) is 45.4 Å². The number of hydrogen-bond donors (Lipinski definition) is 1. The van der Waals surface area contributed by atoms with E-state index in [1.807, 2.05) is 31.2 Å². The molecule has 1 fully saturated rings. The van der Waals surface area contributed by atoms with Crippen LogP contribution >= 0.6 is 0 Å².